The van der Waals surface area contributed by atoms with Crippen LogP contribution in [0.2, 0.25) is 5.22 Å². The maximum absolute atomic E-state index is 7.64. The van der Waals surface area contributed by atoms with Crippen LogP contribution < -0.4 is 5.73 Å². The molecule has 0 spiro atoms. The van der Waals surface area contributed by atoms with Crippen molar-refractivity contribution < 1.29 is 4.42 Å². The molecule has 1 aromatic rings. The van der Waals surface area contributed by atoms with Gasteiger partial charge in [-0.1, -0.05) is 13.8 Å². The summed E-state index contributed by atoms with van der Waals surface area (Å²) in [5.41, 5.74) is 5.20. The zero-order chi connectivity index (χ0) is 10.6. The fourth-order valence-electron chi connectivity index (χ4n) is 2.18. The molecular weight excluding hydrogens is 200 g/mol. The fourth-order valence-corrected chi connectivity index (χ4v) is 2.32. The topological polar surface area (TPSA) is 63.0 Å². The summed E-state index contributed by atoms with van der Waals surface area (Å²) in [6, 6.07) is 3.49. The number of nitrogens with one attached hydrogen (secondary N) is 1. The standard InChI is InChI=1S/C10H13ClN2O/c1-9(2)5-10(9,8(12)13)6-3-4-7(11)14-6/h3-4H,5H2,1-2H3,(H3,12,13). The average molecular weight is 213 g/mol. The molecule has 76 valence electrons. The van der Waals surface area contributed by atoms with Gasteiger partial charge in [0.1, 0.15) is 11.6 Å². The molecule has 1 fully saturated rings. The summed E-state index contributed by atoms with van der Waals surface area (Å²) < 4.78 is 5.35. The van der Waals surface area contributed by atoms with E-state index in [9.17, 15) is 0 Å². The number of hydrogen-bond acceptors (Lipinski definition) is 2. The second-order valence-electron chi connectivity index (χ2n) is 4.48. The van der Waals surface area contributed by atoms with Gasteiger partial charge in [0.15, 0.2) is 5.22 Å². The quantitative estimate of drug-likeness (QED) is 0.585. The summed E-state index contributed by atoms with van der Waals surface area (Å²) in [6.45, 7) is 4.15. The van der Waals surface area contributed by atoms with Crippen LogP contribution in [0.25, 0.3) is 0 Å². The molecule has 1 unspecified atom stereocenters. The van der Waals surface area contributed by atoms with Crippen molar-refractivity contribution in [1.29, 1.82) is 5.41 Å². The lowest BCUT2D eigenvalue weighted by Gasteiger charge is -2.15. The normalized spacial score (nSPS) is 28.8. The van der Waals surface area contributed by atoms with E-state index in [0.717, 1.165) is 6.42 Å². The van der Waals surface area contributed by atoms with Crippen LogP contribution in [0.3, 0.4) is 0 Å². The molecule has 4 heteroatoms. The first kappa shape index (κ1) is 9.59. The molecule has 0 bridgehead atoms. The third-order valence-electron chi connectivity index (χ3n) is 3.19. The SMILES string of the molecule is CC1(C)CC1(C(=N)N)c1ccc(Cl)o1. The Labute approximate surface area is 87.7 Å². The van der Waals surface area contributed by atoms with Gasteiger partial charge in [-0.3, -0.25) is 5.41 Å². The van der Waals surface area contributed by atoms with Crippen LogP contribution in [-0.4, -0.2) is 5.84 Å². The maximum atomic E-state index is 7.64. The Bertz CT molecular complexity index is 397. The van der Waals surface area contributed by atoms with Crippen LogP contribution in [0.5, 0.6) is 0 Å². The van der Waals surface area contributed by atoms with Gasteiger partial charge in [0.25, 0.3) is 0 Å². The molecule has 1 aliphatic carbocycles. The monoisotopic (exact) mass is 212 g/mol. The van der Waals surface area contributed by atoms with Gasteiger partial charge < -0.3 is 10.2 Å². The van der Waals surface area contributed by atoms with Gasteiger partial charge in [0, 0.05) is 0 Å². The Balaban J connectivity index is 2.46. The van der Waals surface area contributed by atoms with Crippen molar-refractivity contribution in [3.63, 3.8) is 0 Å². The smallest absolute Gasteiger partial charge is 0.193 e. The second kappa shape index (κ2) is 2.54. The highest BCUT2D eigenvalue weighted by Gasteiger charge is 2.66. The van der Waals surface area contributed by atoms with Crippen LogP contribution in [0.15, 0.2) is 16.5 Å². The number of hydrogen-bond donors (Lipinski definition) is 2. The Hall–Kier alpha value is -0.960. The molecule has 3 N–H and O–H groups in total. The minimum atomic E-state index is -0.430. The van der Waals surface area contributed by atoms with Crippen LogP contribution in [0.1, 0.15) is 26.0 Å². The highest BCUT2D eigenvalue weighted by Crippen LogP contribution is 2.64. The minimum Gasteiger partial charge on any atom is -0.449 e. The van der Waals surface area contributed by atoms with E-state index in [2.05, 4.69) is 13.8 Å². The van der Waals surface area contributed by atoms with Crippen molar-refractivity contribution in [2.24, 2.45) is 11.1 Å². The first-order valence-electron chi connectivity index (χ1n) is 4.50. The Morgan fingerprint density at radius 2 is 2.14 bits per heavy atom. The summed E-state index contributed by atoms with van der Waals surface area (Å²) in [4.78, 5) is 0. The second-order valence-corrected chi connectivity index (χ2v) is 4.86. The molecule has 0 saturated heterocycles. The molecule has 0 radical (unpaired) electrons. The van der Waals surface area contributed by atoms with E-state index in [4.69, 9.17) is 27.2 Å². The van der Waals surface area contributed by atoms with Crippen LogP contribution in [0.4, 0.5) is 0 Å². The third-order valence-corrected chi connectivity index (χ3v) is 3.39. The van der Waals surface area contributed by atoms with Gasteiger partial charge in [0.05, 0.1) is 5.41 Å². The molecule has 1 heterocycles. The molecule has 0 aliphatic heterocycles. The van der Waals surface area contributed by atoms with E-state index in [0.29, 0.717) is 11.0 Å². The largest absolute Gasteiger partial charge is 0.449 e. The van der Waals surface area contributed by atoms with E-state index in [1.807, 2.05) is 0 Å². The first-order chi connectivity index (χ1) is 6.40. The number of rotatable bonds is 2. The lowest BCUT2D eigenvalue weighted by Crippen LogP contribution is -2.31. The van der Waals surface area contributed by atoms with Gasteiger partial charge in [0.2, 0.25) is 0 Å². The molecule has 14 heavy (non-hydrogen) atoms. The van der Waals surface area contributed by atoms with Crippen molar-refractivity contribution in [1.82, 2.24) is 0 Å². The van der Waals surface area contributed by atoms with Crippen LogP contribution >= 0.6 is 11.6 Å². The number of amidine groups is 1. The van der Waals surface area contributed by atoms with E-state index in [1.54, 1.807) is 12.1 Å². The van der Waals surface area contributed by atoms with E-state index >= 15 is 0 Å². The first-order valence-corrected chi connectivity index (χ1v) is 4.88. The zero-order valence-electron chi connectivity index (χ0n) is 8.23. The number of halogens is 1. The third kappa shape index (κ3) is 1.02. The Morgan fingerprint density at radius 3 is 2.43 bits per heavy atom. The fraction of sp³-hybridized carbons (Fsp3) is 0.500. The summed E-state index contributed by atoms with van der Waals surface area (Å²) in [5, 5.41) is 7.99. The Kier molecular flexibility index (Phi) is 1.74. The van der Waals surface area contributed by atoms with E-state index < -0.39 is 5.41 Å². The van der Waals surface area contributed by atoms with Gasteiger partial charge in [-0.05, 0) is 35.6 Å². The molecule has 1 atom stereocenters. The van der Waals surface area contributed by atoms with Crippen LogP contribution in [-0.2, 0) is 5.41 Å². The molecule has 0 aromatic carbocycles. The van der Waals surface area contributed by atoms with Crippen molar-refractivity contribution in [3.05, 3.63) is 23.1 Å². The number of furan rings is 1. The Morgan fingerprint density at radius 1 is 1.57 bits per heavy atom. The summed E-state index contributed by atoms with van der Waals surface area (Å²) in [7, 11) is 0. The maximum Gasteiger partial charge on any atom is 0.193 e. The van der Waals surface area contributed by atoms with Gasteiger partial charge in [-0.15, -0.1) is 0 Å². The highest BCUT2D eigenvalue weighted by molar-refractivity contribution is 6.28. The molecule has 1 aromatic heterocycles. The predicted octanol–water partition coefficient (Wildman–Crippen LogP) is 2.54. The molecular formula is C10H13ClN2O. The minimum absolute atomic E-state index is 0.0000154. The summed E-state index contributed by atoms with van der Waals surface area (Å²) in [6.07, 6.45) is 0.846. The van der Waals surface area contributed by atoms with Crippen molar-refractivity contribution in [3.8, 4) is 0 Å². The summed E-state index contributed by atoms with van der Waals surface area (Å²) in [5.74, 6) is 0.869. The molecule has 0 amide bonds. The van der Waals surface area contributed by atoms with Crippen molar-refractivity contribution >= 4 is 17.4 Å². The van der Waals surface area contributed by atoms with E-state index in [1.165, 1.54) is 0 Å². The lowest BCUT2D eigenvalue weighted by molar-refractivity contribution is 0.450. The molecule has 1 saturated carbocycles. The zero-order valence-corrected chi connectivity index (χ0v) is 8.98. The number of nitrogens with two attached hydrogens (primary N) is 1. The van der Waals surface area contributed by atoms with Crippen molar-refractivity contribution in [2.75, 3.05) is 0 Å². The molecule has 3 nitrogen and oxygen atoms in total. The van der Waals surface area contributed by atoms with Gasteiger partial charge in [-0.2, -0.15) is 0 Å². The van der Waals surface area contributed by atoms with E-state index in [-0.39, 0.29) is 11.3 Å². The average Bonchev–Trinajstić information content (AvgIpc) is 2.44. The summed E-state index contributed by atoms with van der Waals surface area (Å²) >= 11 is 5.71. The van der Waals surface area contributed by atoms with Gasteiger partial charge in [-0.25, -0.2) is 0 Å². The highest BCUT2D eigenvalue weighted by atomic mass is 35.5. The van der Waals surface area contributed by atoms with Gasteiger partial charge >= 0.3 is 0 Å². The molecule has 2 rings (SSSR count). The molecule has 1 aliphatic rings. The van der Waals surface area contributed by atoms with Crippen LogP contribution in [0, 0.1) is 10.8 Å². The van der Waals surface area contributed by atoms with Crippen molar-refractivity contribution in [2.45, 2.75) is 25.7 Å². The predicted molar refractivity (Wildman–Crippen MR) is 55.7 cm³/mol. The lowest BCUT2D eigenvalue weighted by atomic mass is 9.92.